The Morgan fingerprint density at radius 3 is 2.55 bits per heavy atom. The van der Waals surface area contributed by atoms with E-state index in [-0.39, 0.29) is 24.0 Å². The smallest absolute Gasteiger partial charge is 0.410 e. The standard InChI is InChI=1S/C16H20BrFN2O2/c1-16(2,3)22-15(21)20-9-13-7-14(20)8-19(13)12-5-10(17)4-11(18)6-12/h4-6,13-14H,7-9H2,1-3H3. The summed E-state index contributed by atoms with van der Waals surface area (Å²) in [4.78, 5) is 16.2. The normalized spacial score (nSPS) is 24.0. The van der Waals surface area contributed by atoms with E-state index in [2.05, 4.69) is 20.8 Å². The number of amides is 1. The van der Waals surface area contributed by atoms with Crippen LogP contribution >= 0.6 is 15.9 Å². The summed E-state index contributed by atoms with van der Waals surface area (Å²) in [5.41, 5.74) is 0.384. The van der Waals surface area contributed by atoms with Gasteiger partial charge in [-0.15, -0.1) is 0 Å². The Balaban J connectivity index is 1.70. The number of benzene rings is 1. The van der Waals surface area contributed by atoms with E-state index in [1.165, 1.54) is 6.07 Å². The molecule has 0 aromatic heterocycles. The second kappa shape index (κ2) is 5.41. The van der Waals surface area contributed by atoms with E-state index in [1.807, 2.05) is 26.8 Å². The first-order chi connectivity index (χ1) is 10.2. The molecule has 2 atom stereocenters. The number of carbonyl (C=O) groups excluding carboxylic acids is 1. The van der Waals surface area contributed by atoms with Crippen LogP contribution in [0.25, 0.3) is 0 Å². The highest BCUT2D eigenvalue weighted by atomic mass is 79.9. The Labute approximate surface area is 138 Å². The van der Waals surface area contributed by atoms with Crippen molar-refractivity contribution in [1.29, 1.82) is 0 Å². The molecule has 0 saturated carbocycles. The molecule has 2 aliphatic heterocycles. The van der Waals surface area contributed by atoms with Gasteiger partial charge in [0.15, 0.2) is 0 Å². The van der Waals surface area contributed by atoms with Crippen molar-refractivity contribution in [3.05, 3.63) is 28.5 Å². The van der Waals surface area contributed by atoms with Crippen LogP contribution in [0, 0.1) is 5.82 Å². The minimum Gasteiger partial charge on any atom is -0.444 e. The highest BCUT2D eigenvalue weighted by Crippen LogP contribution is 2.36. The number of ether oxygens (including phenoxy) is 1. The molecule has 2 saturated heterocycles. The van der Waals surface area contributed by atoms with Crippen LogP contribution in [0.2, 0.25) is 0 Å². The van der Waals surface area contributed by atoms with Crippen molar-refractivity contribution in [3.8, 4) is 0 Å². The fourth-order valence-corrected chi connectivity index (χ4v) is 3.69. The van der Waals surface area contributed by atoms with Crippen LogP contribution in [0.1, 0.15) is 27.2 Å². The Morgan fingerprint density at radius 1 is 1.27 bits per heavy atom. The van der Waals surface area contributed by atoms with Crippen LogP contribution in [-0.4, -0.2) is 41.8 Å². The molecule has 2 fully saturated rings. The molecule has 0 radical (unpaired) electrons. The molecule has 0 spiro atoms. The molecule has 3 rings (SSSR count). The van der Waals surface area contributed by atoms with E-state index < -0.39 is 5.60 Å². The number of nitrogens with zero attached hydrogens (tertiary/aromatic N) is 2. The van der Waals surface area contributed by atoms with Gasteiger partial charge in [-0.2, -0.15) is 0 Å². The average Bonchev–Trinajstić information content (AvgIpc) is 2.94. The van der Waals surface area contributed by atoms with E-state index >= 15 is 0 Å². The molecule has 1 aromatic carbocycles. The Kier molecular flexibility index (Phi) is 3.83. The Bertz CT molecular complexity index is 582. The van der Waals surface area contributed by atoms with Gasteiger partial charge in [-0.05, 0) is 45.4 Å². The third kappa shape index (κ3) is 3.07. The molecule has 2 unspecified atom stereocenters. The quantitative estimate of drug-likeness (QED) is 0.753. The molecule has 2 bridgehead atoms. The number of hydrogen-bond donors (Lipinski definition) is 0. The SMILES string of the molecule is CC(C)(C)OC(=O)N1CC2CC1CN2c1cc(F)cc(Br)c1. The first-order valence-corrected chi connectivity index (χ1v) is 8.24. The third-order valence-electron chi connectivity index (χ3n) is 4.05. The maximum atomic E-state index is 13.6. The minimum atomic E-state index is -0.480. The van der Waals surface area contributed by atoms with Gasteiger partial charge in [0, 0.05) is 29.3 Å². The number of anilines is 1. The number of piperazine rings is 1. The molecule has 2 aliphatic rings. The molecule has 6 heteroatoms. The summed E-state index contributed by atoms with van der Waals surface area (Å²) < 4.78 is 19.8. The van der Waals surface area contributed by atoms with Crippen molar-refractivity contribution in [2.75, 3.05) is 18.0 Å². The lowest BCUT2D eigenvalue weighted by atomic mass is 10.2. The van der Waals surface area contributed by atoms with Gasteiger partial charge in [0.2, 0.25) is 0 Å². The summed E-state index contributed by atoms with van der Waals surface area (Å²) >= 11 is 3.33. The Hall–Kier alpha value is -1.30. The number of fused-ring (bicyclic) bond motifs is 2. The minimum absolute atomic E-state index is 0.141. The lowest BCUT2D eigenvalue weighted by Gasteiger charge is -2.36. The van der Waals surface area contributed by atoms with E-state index in [9.17, 15) is 9.18 Å². The summed E-state index contributed by atoms with van der Waals surface area (Å²) in [5, 5.41) is 0. The second-order valence-corrected chi connectivity index (χ2v) is 7.87. The first kappa shape index (κ1) is 15.6. The predicted molar refractivity (Wildman–Crippen MR) is 86.6 cm³/mol. The monoisotopic (exact) mass is 370 g/mol. The van der Waals surface area contributed by atoms with Crippen LogP contribution in [0.4, 0.5) is 14.9 Å². The highest BCUT2D eigenvalue weighted by molar-refractivity contribution is 9.10. The van der Waals surface area contributed by atoms with Gasteiger partial charge in [0.25, 0.3) is 0 Å². The van der Waals surface area contributed by atoms with Gasteiger partial charge in [-0.3, -0.25) is 0 Å². The second-order valence-electron chi connectivity index (χ2n) is 6.96. The van der Waals surface area contributed by atoms with Crippen LogP contribution in [0.5, 0.6) is 0 Å². The maximum Gasteiger partial charge on any atom is 0.410 e. The van der Waals surface area contributed by atoms with Crippen LogP contribution < -0.4 is 4.90 Å². The lowest BCUT2D eigenvalue weighted by Crippen LogP contribution is -2.50. The van der Waals surface area contributed by atoms with Crippen molar-refractivity contribution in [3.63, 3.8) is 0 Å². The summed E-state index contributed by atoms with van der Waals surface area (Å²) in [6, 6.07) is 5.28. The number of halogens is 2. The topological polar surface area (TPSA) is 32.8 Å². The van der Waals surface area contributed by atoms with Crippen molar-refractivity contribution in [2.45, 2.75) is 44.9 Å². The molecule has 1 aromatic rings. The van der Waals surface area contributed by atoms with Crippen molar-refractivity contribution in [1.82, 2.24) is 4.90 Å². The van der Waals surface area contributed by atoms with Gasteiger partial charge >= 0.3 is 6.09 Å². The Morgan fingerprint density at radius 2 is 2.00 bits per heavy atom. The van der Waals surface area contributed by atoms with Gasteiger partial charge in [-0.25, -0.2) is 9.18 Å². The maximum absolute atomic E-state index is 13.6. The van der Waals surface area contributed by atoms with Crippen molar-refractivity contribution in [2.24, 2.45) is 0 Å². The molecular weight excluding hydrogens is 351 g/mol. The number of rotatable bonds is 1. The largest absolute Gasteiger partial charge is 0.444 e. The molecular formula is C16H20BrFN2O2. The summed E-state index contributed by atoms with van der Waals surface area (Å²) in [6.45, 7) is 6.97. The fraction of sp³-hybridized carbons (Fsp3) is 0.562. The molecule has 0 N–H and O–H groups in total. The summed E-state index contributed by atoms with van der Waals surface area (Å²) in [5.74, 6) is -0.254. The third-order valence-corrected chi connectivity index (χ3v) is 4.51. The zero-order valence-electron chi connectivity index (χ0n) is 13.0. The van der Waals surface area contributed by atoms with Crippen LogP contribution in [0.3, 0.4) is 0 Å². The van der Waals surface area contributed by atoms with E-state index in [0.717, 1.165) is 23.1 Å². The predicted octanol–water partition coefficient (Wildman–Crippen LogP) is 3.79. The van der Waals surface area contributed by atoms with Crippen molar-refractivity contribution < 1.29 is 13.9 Å². The van der Waals surface area contributed by atoms with Crippen LogP contribution in [0.15, 0.2) is 22.7 Å². The number of carbonyl (C=O) groups is 1. The number of likely N-dealkylation sites (tertiary alicyclic amines) is 1. The van der Waals surface area contributed by atoms with E-state index in [4.69, 9.17) is 4.74 Å². The average molecular weight is 371 g/mol. The van der Waals surface area contributed by atoms with Gasteiger partial charge < -0.3 is 14.5 Å². The van der Waals surface area contributed by atoms with E-state index in [0.29, 0.717) is 6.54 Å². The van der Waals surface area contributed by atoms with Gasteiger partial charge in [0.1, 0.15) is 11.4 Å². The molecule has 120 valence electrons. The molecule has 1 amide bonds. The molecule has 22 heavy (non-hydrogen) atoms. The highest BCUT2D eigenvalue weighted by Gasteiger charge is 2.46. The first-order valence-electron chi connectivity index (χ1n) is 7.45. The lowest BCUT2D eigenvalue weighted by molar-refractivity contribution is 0.0214. The summed E-state index contributed by atoms with van der Waals surface area (Å²) in [7, 11) is 0. The molecule has 2 heterocycles. The van der Waals surface area contributed by atoms with E-state index in [1.54, 1.807) is 11.0 Å². The zero-order valence-corrected chi connectivity index (χ0v) is 14.6. The molecule has 4 nitrogen and oxygen atoms in total. The van der Waals surface area contributed by atoms with Crippen LogP contribution in [-0.2, 0) is 4.74 Å². The fourth-order valence-electron chi connectivity index (χ4n) is 3.23. The van der Waals surface area contributed by atoms with Crippen molar-refractivity contribution >= 4 is 27.7 Å². The molecule has 0 aliphatic carbocycles. The van der Waals surface area contributed by atoms with Gasteiger partial charge in [-0.1, -0.05) is 15.9 Å². The van der Waals surface area contributed by atoms with Gasteiger partial charge in [0.05, 0.1) is 6.04 Å². The summed E-state index contributed by atoms with van der Waals surface area (Å²) in [6.07, 6.45) is 0.660. The number of hydrogen-bond acceptors (Lipinski definition) is 3. The zero-order chi connectivity index (χ0) is 16.1.